The molecule has 124 valence electrons. The SMILES string of the molecule is CCCCCCNC(N)=NCCCCCCCC(=O)OC. The minimum atomic E-state index is -0.114. The largest absolute Gasteiger partial charge is 0.469 e. The summed E-state index contributed by atoms with van der Waals surface area (Å²) in [4.78, 5) is 15.2. The molecule has 21 heavy (non-hydrogen) atoms. The number of nitrogens with two attached hydrogens (primary N) is 1. The molecule has 5 nitrogen and oxygen atoms in total. The first kappa shape index (κ1) is 19.7. The average molecular weight is 299 g/mol. The van der Waals surface area contributed by atoms with Gasteiger partial charge in [0.25, 0.3) is 0 Å². The fourth-order valence-corrected chi connectivity index (χ4v) is 2.04. The van der Waals surface area contributed by atoms with Crippen molar-refractivity contribution in [2.45, 2.75) is 71.1 Å². The molecular formula is C16H33N3O2. The van der Waals surface area contributed by atoms with Gasteiger partial charge in [-0.25, -0.2) is 0 Å². The topological polar surface area (TPSA) is 76.7 Å². The number of carbonyl (C=O) groups is 1. The third-order valence-corrected chi connectivity index (χ3v) is 3.39. The van der Waals surface area contributed by atoms with E-state index in [4.69, 9.17) is 5.73 Å². The van der Waals surface area contributed by atoms with Crippen LogP contribution in [0.5, 0.6) is 0 Å². The Kier molecular flexibility index (Phi) is 14.2. The number of methoxy groups -OCH3 is 1. The van der Waals surface area contributed by atoms with E-state index in [2.05, 4.69) is 22.0 Å². The van der Waals surface area contributed by atoms with Gasteiger partial charge in [-0.2, -0.15) is 0 Å². The Labute approximate surface area is 129 Å². The van der Waals surface area contributed by atoms with Crippen molar-refractivity contribution in [3.05, 3.63) is 0 Å². The van der Waals surface area contributed by atoms with E-state index in [0.717, 1.165) is 51.6 Å². The van der Waals surface area contributed by atoms with Gasteiger partial charge in [-0.1, -0.05) is 45.4 Å². The van der Waals surface area contributed by atoms with Gasteiger partial charge in [0.15, 0.2) is 5.96 Å². The van der Waals surface area contributed by atoms with Gasteiger partial charge in [-0.3, -0.25) is 9.79 Å². The summed E-state index contributed by atoms with van der Waals surface area (Å²) >= 11 is 0. The summed E-state index contributed by atoms with van der Waals surface area (Å²) in [6, 6.07) is 0. The maximum atomic E-state index is 10.9. The van der Waals surface area contributed by atoms with Crippen LogP contribution in [-0.4, -0.2) is 32.1 Å². The summed E-state index contributed by atoms with van der Waals surface area (Å²) in [5.74, 6) is 0.453. The molecule has 0 aromatic rings. The zero-order valence-corrected chi connectivity index (χ0v) is 13.8. The highest BCUT2D eigenvalue weighted by Gasteiger charge is 1.99. The van der Waals surface area contributed by atoms with Gasteiger partial charge in [0, 0.05) is 19.5 Å². The van der Waals surface area contributed by atoms with Gasteiger partial charge >= 0.3 is 5.97 Å². The minimum absolute atomic E-state index is 0.114. The van der Waals surface area contributed by atoms with Gasteiger partial charge in [0.1, 0.15) is 0 Å². The molecule has 0 heterocycles. The van der Waals surface area contributed by atoms with Crippen LogP contribution in [0.15, 0.2) is 4.99 Å². The number of carbonyl (C=O) groups excluding carboxylic acids is 1. The summed E-state index contributed by atoms with van der Waals surface area (Å²) in [6.45, 7) is 3.91. The van der Waals surface area contributed by atoms with Gasteiger partial charge in [-0.15, -0.1) is 0 Å². The molecule has 0 spiro atoms. The summed E-state index contributed by atoms with van der Waals surface area (Å²) < 4.78 is 4.60. The molecule has 0 aromatic heterocycles. The molecular weight excluding hydrogens is 266 g/mol. The maximum Gasteiger partial charge on any atom is 0.305 e. The Balaban J connectivity index is 3.31. The highest BCUT2D eigenvalue weighted by molar-refractivity contribution is 5.77. The number of esters is 1. The molecule has 0 bridgehead atoms. The Morgan fingerprint density at radius 1 is 1.05 bits per heavy atom. The number of aliphatic imine (C=N–C) groups is 1. The van der Waals surface area contributed by atoms with Crippen LogP contribution >= 0.6 is 0 Å². The van der Waals surface area contributed by atoms with E-state index in [9.17, 15) is 4.79 Å². The Morgan fingerprint density at radius 3 is 2.43 bits per heavy atom. The molecule has 0 amide bonds. The lowest BCUT2D eigenvalue weighted by molar-refractivity contribution is -0.140. The van der Waals surface area contributed by atoms with Crippen molar-refractivity contribution < 1.29 is 9.53 Å². The van der Waals surface area contributed by atoms with E-state index in [0.29, 0.717) is 12.4 Å². The van der Waals surface area contributed by atoms with E-state index < -0.39 is 0 Å². The van der Waals surface area contributed by atoms with Crippen LogP contribution in [0.25, 0.3) is 0 Å². The first-order chi connectivity index (χ1) is 10.2. The van der Waals surface area contributed by atoms with Crippen molar-refractivity contribution in [2.75, 3.05) is 20.2 Å². The maximum absolute atomic E-state index is 10.9. The number of rotatable bonds is 13. The molecule has 0 fully saturated rings. The molecule has 3 N–H and O–H groups in total. The van der Waals surface area contributed by atoms with E-state index in [1.165, 1.54) is 26.4 Å². The lowest BCUT2D eigenvalue weighted by Crippen LogP contribution is -2.32. The summed E-state index contributed by atoms with van der Waals surface area (Å²) in [7, 11) is 1.43. The standard InChI is InChI=1S/C16H33N3O2/c1-3-4-5-10-13-18-16(17)19-14-11-8-6-7-9-12-15(20)21-2/h3-14H2,1-2H3,(H3,17,18,19). The van der Waals surface area contributed by atoms with Crippen LogP contribution < -0.4 is 11.1 Å². The number of unbranched alkanes of at least 4 members (excludes halogenated alkanes) is 7. The summed E-state index contributed by atoms with van der Waals surface area (Å²) in [5.41, 5.74) is 5.79. The third-order valence-electron chi connectivity index (χ3n) is 3.39. The van der Waals surface area contributed by atoms with Crippen molar-refractivity contribution in [1.29, 1.82) is 0 Å². The lowest BCUT2D eigenvalue weighted by atomic mass is 10.1. The normalized spacial score (nSPS) is 11.4. The van der Waals surface area contributed by atoms with Crippen molar-refractivity contribution in [3.8, 4) is 0 Å². The molecule has 5 heteroatoms. The van der Waals surface area contributed by atoms with Gasteiger partial charge in [0.05, 0.1) is 7.11 Å². The van der Waals surface area contributed by atoms with Crippen LogP contribution in [0.2, 0.25) is 0 Å². The quantitative estimate of drug-likeness (QED) is 0.237. The van der Waals surface area contributed by atoms with Crippen molar-refractivity contribution in [3.63, 3.8) is 0 Å². The molecule has 0 saturated heterocycles. The predicted octanol–water partition coefficient (Wildman–Crippen LogP) is 2.98. The molecule has 0 aliphatic carbocycles. The summed E-state index contributed by atoms with van der Waals surface area (Å²) in [6.07, 6.45) is 10.8. The highest BCUT2D eigenvalue weighted by Crippen LogP contribution is 2.06. The third kappa shape index (κ3) is 15.0. The number of nitrogens with one attached hydrogen (secondary N) is 1. The second kappa shape index (κ2) is 15.1. The van der Waals surface area contributed by atoms with Crippen molar-refractivity contribution >= 4 is 11.9 Å². The van der Waals surface area contributed by atoms with E-state index in [1.54, 1.807) is 0 Å². The zero-order valence-electron chi connectivity index (χ0n) is 13.8. The number of hydrogen-bond donors (Lipinski definition) is 2. The monoisotopic (exact) mass is 299 g/mol. The van der Waals surface area contributed by atoms with E-state index in [-0.39, 0.29) is 5.97 Å². The van der Waals surface area contributed by atoms with Crippen LogP contribution in [0, 0.1) is 0 Å². The molecule has 0 aliphatic heterocycles. The predicted molar refractivity (Wildman–Crippen MR) is 88.4 cm³/mol. The number of guanidine groups is 1. The Hall–Kier alpha value is -1.26. The molecule has 0 saturated carbocycles. The molecule has 0 atom stereocenters. The first-order valence-corrected chi connectivity index (χ1v) is 8.31. The smallest absolute Gasteiger partial charge is 0.305 e. The van der Waals surface area contributed by atoms with Gasteiger partial charge < -0.3 is 15.8 Å². The van der Waals surface area contributed by atoms with Gasteiger partial charge in [0.2, 0.25) is 0 Å². The van der Waals surface area contributed by atoms with E-state index in [1.807, 2.05) is 0 Å². The molecule has 0 aromatic carbocycles. The minimum Gasteiger partial charge on any atom is -0.469 e. The highest BCUT2D eigenvalue weighted by atomic mass is 16.5. The first-order valence-electron chi connectivity index (χ1n) is 8.31. The number of hydrogen-bond acceptors (Lipinski definition) is 3. The van der Waals surface area contributed by atoms with Crippen LogP contribution in [-0.2, 0) is 9.53 Å². The van der Waals surface area contributed by atoms with Crippen molar-refractivity contribution in [1.82, 2.24) is 5.32 Å². The second-order valence-electron chi connectivity index (χ2n) is 5.35. The second-order valence-corrected chi connectivity index (χ2v) is 5.35. The van der Waals surface area contributed by atoms with Crippen LogP contribution in [0.3, 0.4) is 0 Å². The average Bonchev–Trinajstić information content (AvgIpc) is 2.49. The van der Waals surface area contributed by atoms with Crippen LogP contribution in [0.4, 0.5) is 0 Å². The fourth-order valence-electron chi connectivity index (χ4n) is 2.04. The van der Waals surface area contributed by atoms with E-state index >= 15 is 0 Å². The zero-order chi connectivity index (χ0) is 15.8. The summed E-state index contributed by atoms with van der Waals surface area (Å²) in [5, 5.41) is 3.15. The van der Waals surface area contributed by atoms with Crippen molar-refractivity contribution in [2.24, 2.45) is 10.7 Å². The van der Waals surface area contributed by atoms with Crippen LogP contribution in [0.1, 0.15) is 71.1 Å². The molecule has 0 rings (SSSR count). The van der Waals surface area contributed by atoms with Gasteiger partial charge in [-0.05, 0) is 19.3 Å². The molecule has 0 unspecified atom stereocenters. The Bertz CT molecular complexity index is 281. The molecule has 0 radical (unpaired) electrons. The fraction of sp³-hybridized carbons (Fsp3) is 0.875. The Morgan fingerprint density at radius 2 is 1.71 bits per heavy atom. The number of nitrogens with zero attached hydrogens (tertiary/aromatic N) is 1. The molecule has 0 aliphatic rings. The number of ether oxygens (including phenoxy) is 1. The lowest BCUT2D eigenvalue weighted by Gasteiger charge is -2.05.